The maximum Gasteiger partial charge on any atom is 0.337 e. The van der Waals surface area contributed by atoms with Crippen molar-refractivity contribution in [1.82, 2.24) is 10.2 Å². The number of rotatable bonds is 9. The Balaban J connectivity index is 2.28. The number of hydrogen-bond acceptors (Lipinski definition) is 6. The number of carbonyl (C=O) groups excluding carboxylic acids is 1. The summed E-state index contributed by atoms with van der Waals surface area (Å²) in [6.45, 7) is 5.75. The molecule has 0 unspecified atom stereocenters. The normalized spacial score (nSPS) is 16.4. The summed E-state index contributed by atoms with van der Waals surface area (Å²) >= 11 is 5.55. The van der Waals surface area contributed by atoms with Crippen molar-refractivity contribution in [2.75, 3.05) is 33.5 Å². The van der Waals surface area contributed by atoms with Gasteiger partial charge in [0, 0.05) is 25.5 Å². The van der Waals surface area contributed by atoms with Gasteiger partial charge in [-0.05, 0) is 50.2 Å². The van der Waals surface area contributed by atoms with E-state index in [9.17, 15) is 4.79 Å². The number of ether oxygens (including phenoxy) is 3. The van der Waals surface area contributed by atoms with Crippen LogP contribution in [0.3, 0.4) is 0 Å². The zero-order valence-electron chi connectivity index (χ0n) is 16.4. The van der Waals surface area contributed by atoms with Crippen LogP contribution in [0.15, 0.2) is 35.5 Å². The third-order valence-corrected chi connectivity index (χ3v) is 4.73. The lowest BCUT2D eigenvalue weighted by Gasteiger charge is -2.37. The second-order valence-corrected chi connectivity index (χ2v) is 6.48. The summed E-state index contributed by atoms with van der Waals surface area (Å²) in [4.78, 5) is 14.4. The molecule has 1 atom stereocenters. The lowest BCUT2D eigenvalue weighted by molar-refractivity contribution is -0.136. The fourth-order valence-electron chi connectivity index (χ4n) is 3.02. The molecular formula is C20H25N3O4S. The quantitative estimate of drug-likeness (QED) is 0.383. The summed E-state index contributed by atoms with van der Waals surface area (Å²) in [6, 6.07) is 8.71. The number of allylic oxidation sites excluding steroid dienone is 1. The van der Waals surface area contributed by atoms with Gasteiger partial charge in [0.2, 0.25) is 0 Å². The zero-order chi connectivity index (χ0) is 20.5. The Morgan fingerprint density at radius 3 is 2.68 bits per heavy atom. The van der Waals surface area contributed by atoms with Crippen molar-refractivity contribution in [2.24, 2.45) is 0 Å². The van der Waals surface area contributed by atoms with E-state index in [0.29, 0.717) is 36.2 Å². The molecule has 8 heteroatoms. The Bertz CT molecular complexity index is 771. The Morgan fingerprint density at radius 2 is 2.07 bits per heavy atom. The molecule has 0 amide bonds. The molecular weight excluding hydrogens is 378 g/mol. The smallest absolute Gasteiger partial charge is 0.337 e. The van der Waals surface area contributed by atoms with Crippen LogP contribution in [0, 0.1) is 11.3 Å². The number of nitrogens with zero attached hydrogens (tertiary/aromatic N) is 2. The first-order chi connectivity index (χ1) is 13.5. The average molecular weight is 404 g/mol. The number of nitrogens with one attached hydrogen (secondary N) is 1. The van der Waals surface area contributed by atoms with Gasteiger partial charge >= 0.3 is 5.97 Å². The van der Waals surface area contributed by atoms with Gasteiger partial charge in [0.05, 0.1) is 18.7 Å². The van der Waals surface area contributed by atoms with Gasteiger partial charge in [-0.25, -0.2) is 4.79 Å². The number of hydrogen-bond donors (Lipinski definition) is 1. The largest absolute Gasteiger partial charge is 0.479 e. The minimum atomic E-state index is -0.423. The summed E-state index contributed by atoms with van der Waals surface area (Å²) < 4.78 is 15.7. The van der Waals surface area contributed by atoms with Crippen LogP contribution in [0.5, 0.6) is 5.75 Å². The number of thiocarbonyl (C=S) groups is 1. The van der Waals surface area contributed by atoms with Crippen molar-refractivity contribution in [3.8, 4) is 11.8 Å². The standard InChI is InChI=1S/C20H25N3O4S/c1-4-26-12-5-11-23-14(2)17(19(24)25-3)18(22-20(23)28)15-6-8-16(9-7-15)27-13-10-21/h6-9,18H,4-5,11-13H2,1-3H3,(H,22,28)/t18-/m1/s1. The van der Waals surface area contributed by atoms with E-state index in [1.54, 1.807) is 12.1 Å². The molecule has 0 saturated carbocycles. The maximum absolute atomic E-state index is 12.5. The van der Waals surface area contributed by atoms with Gasteiger partial charge in [-0.2, -0.15) is 5.26 Å². The van der Waals surface area contributed by atoms with Gasteiger partial charge in [0.25, 0.3) is 0 Å². The van der Waals surface area contributed by atoms with Crippen molar-refractivity contribution < 1.29 is 19.0 Å². The first-order valence-electron chi connectivity index (χ1n) is 9.08. The number of esters is 1. The molecule has 0 radical (unpaired) electrons. The molecule has 1 heterocycles. The summed E-state index contributed by atoms with van der Waals surface area (Å²) in [5.74, 6) is 0.179. The number of carbonyl (C=O) groups is 1. The van der Waals surface area contributed by atoms with Gasteiger partial charge in [0.1, 0.15) is 11.8 Å². The van der Waals surface area contributed by atoms with E-state index >= 15 is 0 Å². The lowest BCUT2D eigenvalue weighted by Crippen LogP contribution is -2.48. The second-order valence-electron chi connectivity index (χ2n) is 6.09. The fraction of sp³-hybridized carbons (Fsp3) is 0.450. The Labute approximate surface area is 170 Å². The molecule has 0 bridgehead atoms. The van der Waals surface area contributed by atoms with E-state index in [1.165, 1.54) is 7.11 Å². The van der Waals surface area contributed by atoms with Gasteiger partial charge < -0.3 is 24.4 Å². The minimum Gasteiger partial charge on any atom is -0.479 e. The van der Waals surface area contributed by atoms with E-state index in [2.05, 4.69) is 5.32 Å². The van der Waals surface area contributed by atoms with Crippen LogP contribution in [-0.2, 0) is 14.3 Å². The maximum atomic E-state index is 12.5. The predicted molar refractivity (Wildman–Crippen MR) is 109 cm³/mol. The second kappa shape index (κ2) is 10.6. The molecule has 0 fully saturated rings. The highest BCUT2D eigenvalue weighted by Gasteiger charge is 2.34. The van der Waals surface area contributed by atoms with Crippen molar-refractivity contribution in [1.29, 1.82) is 5.26 Å². The molecule has 1 aliphatic rings. The van der Waals surface area contributed by atoms with Gasteiger partial charge in [-0.3, -0.25) is 0 Å². The van der Waals surface area contributed by atoms with Crippen LogP contribution >= 0.6 is 12.2 Å². The number of nitriles is 1. The lowest BCUT2D eigenvalue weighted by atomic mass is 9.95. The fourth-order valence-corrected chi connectivity index (χ4v) is 3.36. The van der Waals surface area contributed by atoms with Crippen LogP contribution in [0.1, 0.15) is 31.9 Å². The van der Waals surface area contributed by atoms with E-state index in [4.69, 9.17) is 31.7 Å². The van der Waals surface area contributed by atoms with Crippen LogP contribution < -0.4 is 10.1 Å². The third-order valence-electron chi connectivity index (χ3n) is 4.39. The van der Waals surface area contributed by atoms with E-state index in [-0.39, 0.29) is 6.61 Å². The van der Waals surface area contributed by atoms with E-state index in [0.717, 1.165) is 17.7 Å². The molecule has 7 nitrogen and oxygen atoms in total. The minimum absolute atomic E-state index is 0.0196. The van der Waals surface area contributed by atoms with Crippen LogP contribution in [0.4, 0.5) is 0 Å². The van der Waals surface area contributed by atoms with Crippen molar-refractivity contribution >= 4 is 23.3 Å². The van der Waals surface area contributed by atoms with Gasteiger partial charge in [0.15, 0.2) is 11.7 Å². The summed E-state index contributed by atoms with van der Waals surface area (Å²) in [5, 5.41) is 12.4. The van der Waals surface area contributed by atoms with Crippen molar-refractivity contribution in [2.45, 2.75) is 26.3 Å². The van der Waals surface area contributed by atoms with E-state index in [1.807, 2.05) is 36.9 Å². The van der Waals surface area contributed by atoms with Crippen molar-refractivity contribution in [3.63, 3.8) is 0 Å². The molecule has 1 N–H and O–H groups in total. The first-order valence-corrected chi connectivity index (χ1v) is 9.48. The molecule has 0 aliphatic carbocycles. The number of benzene rings is 1. The monoisotopic (exact) mass is 403 g/mol. The topological polar surface area (TPSA) is 83.8 Å². The van der Waals surface area contributed by atoms with Crippen LogP contribution in [0.2, 0.25) is 0 Å². The highest BCUT2D eigenvalue weighted by molar-refractivity contribution is 7.80. The Hall–Kier alpha value is -2.63. The molecule has 2 rings (SSSR count). The highest BCUT2D eigenvalue weighted by atomic mass is 32.1. The third kappa shape index (κ3) is 5.21. The van der Waals surface area contributed by atoms with Crippen LogP contribution in [-0.4, -0.2) is 49.5 Å². The van der Waals surface area contributed by atoms with Crippen LogP contribution in [0.25, 0.3) is 0 Å². The predicted octanol–water partition coefficient (Wildman–Crippen LogP) is 2.69. The molecule has 0 spiro atoms. The molecule has 0 saturated heterocycles. The number of methoxy groups -OCH3 is 1. The van der Waals surface area contributed by atoms with Gasteiger partial charge in [-0.15, -0.1) is 0 Å². The Morgan fingerprint density at radius 1 is 1.36 bits per heavy atom. The first kappa shape index (κ1) is 21.7. The molecule has 28 heavy (non-hydrogen) atoms. The van der Waals surface area contributed by atoms with Gasteiger partial charge in [-0.1, -0.05) is 12.1 Å². The SMILES string of the molecule is CCOCCCN1C(=S)N[C@H](c2ccc(OCC#N)cc2)C(C(=O)OC)=C1C. The molecule has 150 valence electrons. The van der Waals surface area contributed by atoms with Crippen molar-refractivity contribution in [3.05, 3.63) is 41.1 Å². The average Bonchev–Trinajstić information content (AvgIpc) is 2.71. The highest BCUT2D eigenvalue weighted by Crippen LogP contribution is 2.32. The van der Waals surface area contributed by atoms with E-state index < -0.39 is 12.0 Å². The Kier molecular flexibility index (Phi) is 8.23. The molecule has 1 aliphatic heterocycles. The summed E-state index contributed by atoms with van der Waals surface area (Å²) in [6.07, 6.45) is 0.789. The molecule has 1 aromatic carbocycles. The molecule has 1 aromatic rings. The zero-order valence-corrected chi connectivity index (χ0v) is 17.2. The summed E-state index contributed by atoms with van der Waals surface area (Å²) in [7, 11) is 1.37. The molecule has 0 aromatic heterocycles. The summed E-state index contributed by atoms with van der Waals surface area (Å²) in [5.41, 5.74) is 2.13.